The summed E-state index contributed by atoms with van der Waals surface area (Å²) in [5, 5.41) is 2.81. The first-order chi connectivity index (χ1) is 11.2. The minimum absolute atomic E-state index is 0.136. The Hall–Kier alpha value is -2.63. The van der Waals surface area contributed by atoms with Crippen molar-refractivity contribution in [1.29, 1.82) is 0 Å². The monoisotopic (exact) mass is 311 g/mol. The molecule has 2 heterocycles. The topological polar surface area (TPSA) is 61.4 Å². The Morgan fingerprint density at radius 3 is 2.87 bits per heavy atom. The van der Waals surface area contributed by atoms with Crippen LogP contribution in [0.1, 0.15) is 12.8 Å². The molecule has 23 heavy (non-hydrogen) atoms. The van der Waals surface area contributed by atoms with E-state index in [-0.39, 0.29) is 12.1 Å². The SMILES string of the molecule is CN(C(=O)Nc1ccncn1)[C@H]1CCCN(c2ccccc2)C1. The highest BCUT2D eigenvalue weighted by Gasteiger charge is 2.26. The van der Waals surface area contributed by atoms with Gasteiger partial charge in [0.25, 0.3) is 0 Å². The van der Waals surface area contributed by atoms with Gasteiger partial charge < -0.3 is 9.80 Å². The highest BCUT2D eigenvalue weighted by atomic mass is 16.2. The molecule has 1 N–H and O–H groups in total. The average molecular weight is 311 g/mol. The molecule has 2 aromatic rings. The second-order valence-electron chi connectivity index (χ2n) is 5.71. The van der Waals surface area contributed by atoms with Crippen molar-refractivity contribution in [2.75, 3.05) is 30.4 Å². The largest absolute Gasteiger partial charge is 0.369 e. The Bertz CT molecular complexity index is 634. The van der Waals surface area contributed by atoms with Crippen molar-refractivity contribution in [3.63, 3.8) is 0 Å². The van der Waals surface area contributed by atoms with Gasteiger partial charge in [0.1, 0.15) is 12.1 Å². The molecule has 1 aromatic carbocycles. The Kier molecular flexibility index (Phi) is 4.71. The number of rotatable bonds is 3. The highest BCUT2D eigenvalue weighted by molar-refractivity contribution is 5.88. The fourth-order valence-corrected chi connectivity index (χ4v) is 2.87. The molecule has 1 aromatic heterocycles. The molecule has 0 bridgehead atoms. The molecule has 1 aliphatic heterocycles. The molecule has 6 heteroatoms. The van der Waals surface area contributed by atoms with Crippen molar-refractivity contribution < 1.29 is 4.79 Å². The van der Waals surface area contributed by atoms with Gasteiger partial charge in [-0.2, -0.15) is 0 Å². The first-order valence-electron chi connectivity index (χ1n) is 7.84. The fourth-order valence-electron chi connectivity index (χ4n) is 2.87. The third kappa shape index (κ3) is 3.77. The predicted molar refractivity (Wildman–Crippen MR) is 90.5 cm³/mol. The molecule has 0 unspecified atom stereocenters. The number of nitrogens with zero attached hydrogens (tertiary/aromatic N) is 4. The van der Waals surface area contributed by atoms with E-state index in [0.717, 1.165) is 25.9 Å². The highest BCUT2D eigenvalue weighted by Crippen LogP contribution is 2.22. The predicted octanol–water partition coefficient (Wildman–Crippen LogP) is 2.61. The van der Waals surface area contributed by atoms with E-state index >= 15 is 0 Å². The number of carbonyl (C=O) groups is 1. The first kappa shape index (κ1) is 15.3. The van der Waals surface area contributed by atoms with Gasteiger partial charge >= 0.3 is 6.03 Å². The summed E-state index contributed by atoms with van der Waals surface area (Å²) < 4.78 is 0. The smallest absolute Gasteiger partial charge is 0.323 e. The van der Waals surface area contributed by atoms with Crippen LogP contribution < -0.4 is 10.2 Å². The molecule has 1 aliphatic rings. The van der Waals surface area contributed by atoms with Gasteiger partial charge in [-0.05, 0) is 31.0 Å². The molecule has 1 saturated heterocycles. The van der Waals surface area contributed by atoms with Crippen LogP contribution in [0, 0.1) is 0 Å². The lowest BCUT2D eigenvalue weighted by Gasteiger charge is -2.38. The van der Waals surface area contributed by atoms with Crippen LogP contribution in [0.25, 0.3) is 0 Å². The molecule has 2 amide bonds. The molecule has 120 valence electrons. The van der Waals surface area contributed by atoms with E-state index in [1.54, 1.807) is 17.2 Å². The minimum Gasteiger partial charge on any atom is -0.369 e. The number of aromatic nitrogens is 2. The Balaban J connectivity index is 1.62. The van der Waals surface area contributed by atoms with E-state index in [2.05, 4.69) is 32.3 Å². The number of para-hydroxylation sites is 1. The molecule has 1 atom stereocenters. The number of urea groups is 1. The van der Waals surface area contributed by atoms with Gasteiger partial charge in [0.15, 0.2) is 0 Å². The van der Waals surface area contributed by atoms with Gasteiger partial charge in [-0.15, -0.1) is 0 Å². The number of anilines is 2. The lowest BCUT2D eigenvalue weighted by molar-refractivity contribution is 0.196. The lowest BCUT2D eigenvalue weighted by atomic mass is 10.0. The van der Waals surface area contributed by atoms with Crippen molar-refractivity contribution in [3.8, 4) is 0 Å². The maximum atomic E-state index is 12.4. The molecule has 1 fully saturated rings. The maximum absolute atomic E-state index is 12.4. The van der Waals surface area contributed by atoms with Crippen LogP contribution in [0.5, 0.6) is 0 Å². The summed E-state index contributed by atoms with van der Waals surface area (Å²) in [7, 11) is 1.84. The van der Waals surface area contributed by atoms with Crippen molar-refractivity contribution in [2.24, 2.45) is 0 Å². The van der Waals surface area contributed by atoms with Crippen LogP contribution in [0.15, 0.2) is 48.9 Å². The van der Waals surface area contributed by atoms with Crippen LogP contribution in [0.2, 0.25) is 0 Å². The standard InChI is InChI=1S/C17H21N5O/c1-21(17(23)20-16-9-10-18-13-19-16)15-8-5-11-22(12-15)14-6-3-2-4-7-14/h2-4,6-7,9-10,13,15H,5,8,11-12H2,1H3,(H,18,19,20,23)/t15-/m0/s1. The first-order valence-corrected chi connectivity index (χ1v) is 7.84. The van der Waals surface area contributed by atoms with Crippen LogP contribution in [-0.4, -0.2) is 47.1 Å². The Morgan fingerprint density at radius 1 is 1.30 bits per heavy atom. The number of hydrogen-bond donors (Lipinski definition) is 1. The number of carbonyl (C=O) groups excluding carboxylic acids is 1. The van der Waals surface area contributed by atoms with Gasteiger partial charge in [-0.25, -0.2) is 14.8 Å². The van der Waals surface area contributed by atoms with Gasteiger partial charge in [0.05, 0.1) is 6.04 Å². The van der Waals surface area contributed by atoms with E-state index in [0.29, 0.717) is 5.82 Å². The van der Waals surface area contributed by atoms with Gasteiger partial charge in [-0.3, -0.25) is 5.32 Å². The Morgan fingerprint density at radius 2 is 2.13 bits per heavy atom. The zero-order chi connectivity index (χ0) is 16.1. The van der Waals surface area contributed by atoms with Crippen molar-refractivity contribution in [3.05, 3.63) is 48.9 Å². The van der Waals surface area contributed by atoms with E-state index in [4.69, 9.17) is 0 Å². The summed E-state index contributed by atoms with van der Waals surface area (Å²) in [4.78, 5) is 24.4. The zero-order valence-corrected chi connectivity index (χ0v) is 13.2. The number of nitrogens with one attached hydrogen (secondary N) is 1. The van der Waals surface area contributed by atoms with Crippen molar-refractivity contribution in [1.82, 2.24) is 14.9 Å². The molecule has 0 spiro atoms. The van der Waals surface area contributed by atoms with Crippen LogP contribution in [0.4, 0.5) is 16.3 Å². The van der Waals surface area contributed by atoms with Crippen molar-refractivity contribution in [2.45, 2.75) is 18.9 Å². The van der Waals surface area contributed by atoms with Gasteiger partial charge in [-0.1, -0.05) is 18.2 Å². The number of piperidine rings is 1. The molecule has 6 nitrogen and oxygen atoms in total. The quantitative estimate of drug-likeness (QED) is 0.946. The Labute approximate surface area is 136 Å². The van der Waals surface area contributed by atoms with Gasteiger partial charge in [0, 0.05) is 32.0 Å². The second-order valence-corrected chi connectivity index (χ2v) is 5.71. The van der Waals surface area contributed by atoms with Crippen LogP contribution in [-0.2, 0) is 0 Å². The average Bonchev–Trinajstić information content (AvgIpc) is 2.63. The second kappa shape index (κ2) is 7.09. The molecule has 3 rings (SSSR count). The van der Waals surface area contributed by atoms with E-state index in [1.165, 1.54) is 12.0 Å². The lowest BCUT2D eigenvalue weighted by Crippen LogP contribution is -2.49. The van der Waals surface area contributed by atoms with E-state index in [9.17, 15) is 4.79 Å². The summed E-state index contributed by atoms with van der Waals surface area (Å²) in [6, 6.07) is 12.1. The number of hydrogen-bond acceptors (Lipinski definition) is 4. The summed E-state index contributed by atoms with van der Waals surface area (Å²) in [5.41, 5.74) is 1.21. The molecular formula is C17H21N5O. The molecule has 0 saturated carbocycles. The van der Waals surface area contributed by atoms with E-state index < -0.39 is 0 Å². The van der Waals surface area contributed by atoms with E-state index in [1.807, 2.05) is 25.2 Å². The maximum Gasteiger partial charge on any atom is 0.323 e. The summed E-state index contributed by atoms with van der Waals surface area (Å²) in [5.74, 6) is 0.521. The normalized spacial score (nSPS) is 17.6. The van der Waals surface area contributed by atoms with Crippen LogP contribution >= 0.6 is 0 Å². The van der Waals surface area contributed by atoms with Gasteiger partial charge in [0.2, 0.25) is 0 Å². The number of likely N-dealkylation sites (N-methyl/N-ethyl adjacent to an activating group) is 1. The summed E-state index contributed by atoms with van der Waals surface area (Å²) >= 11 is 0. The third-order valence-corrected chi connectivity index (χ3v) is 4.20. The molecule has 0 aliphatic carbocycles. The fraction of sp³-hybridized carbons (Fsp3) is 0.353. The number of amides is 2. The minimum atomic E-state index is -0.136. The third-order valence-electron chi connectivity index (χ3n) is 4.20. The molecular weight excluding hydrogens is 290 g/mol. The number of benzene rings is 1. The summed E-state index contributed by atoms with van der Waals surface area (Å²) in [6.07, 6.45) is 5.12. The van der Waals surface area contributed by atoms with Crippen molar-refractivity contribution >= 4 is 17.5 Å². The molecule has 0 radical (unpaired) electrons. The summed E-state index contributed by atoms with van der Waals surface area (Å²) in [6.45, 7) is 1.87. The van der Waals surface area contributed by atoms with Crippen LogP contribution in [0.3, 0.4) is 0 Å². The zero-order valence-electron chi connectivity index (χ0n) is 13.2.